The van der Waals surface area contributed by atoms with Crippen molar-refractivity contribution in [1.82, 2.24) is 4.31 Å². The van der Waals surface area contributed by atoms with E-state index in [1.807, 2.05) is 6.92 Å². The summed E-state index contributed by atoms with van der Waals surface area (Å²) in [4.78, 5) is 0. The molecule has 1 fully saturated rings. The van der Waals surface area contributed by atoms with Crippen molar-refractivity contribution in [2.24, 2.45) is 22.7 Å². The summed E-state index contributed by atoms with van der Waals surface area (Å²) in [6.45, 7) is 16.9. The van der Waals surface area contributed by atoms with Gasteiger partial charge in [-0.05, 0) is 35.5 Å². The van der Waals surface area contributed by atoms with Gasteiger partial charge in [-0.15, -0.1) is 0 Å². The van der Waals surface area contributed by atoms with E-state index in [1.54, 1.807) is 4.31 Å². The minimum Gasteiger partial charge on any atom is -0.212 e. The predicted octanol–water partition coefficient (Wildman–Crippen LogP) is 3.76. The van der Waals surface area contributed by atoms with Crippen LogP contribution in [-0.4, -0.2) is 31.6 Å². The van der Waals surface area contributed by atoms with Crippen LogP contribution in [0.5, 0.6) is 0 Å². The molecule has 0 spiro atoms. The smallest absolute Gasteiger partial charge is 0.212 e. The number of rotatable bonds is 2. The Kier molecular flexibility index (Phi) is 5.35. The van der Waals surface area contributed by atoms with Crippen LogP contribution in [0.25, 0.3) is 0 Å². The van der Waals surface area contributed by atoms with Crippen LogP contribution in [0.4, 0.5) is 0 Å². The van der Waals surface area contributed by atoms with E-state index >= 15 is 0 Å². The van der Waals surface area contributed by atoms with Crippen LogP contribution in [0, 0.1) is 22.7 Å². The number of sulfonamides is 1. The highest BCUT2D eigenvalue weighted by Crippen LogP contribution is 2.45. The first-order valence-electron chi connectivity index (χ1n) is 7.87. The number of hydrogen-bond donors (Lipinski definition) is 0. The standard InChI is InChI=1S/C16H33NO2S/c1-8-10-17-12-14(16(5,6)7)13(15(2,3)4)9-11-20(17,18)19/h13-14H,8-12H2,1-7H3. The molecule has 20 heavy (non-hydrogen) atoms. The van der Waals surface area contributed by atoms with Crippen LogP contribution in [0.1, 0.15) is 61.3 Å². The summed E-state index contributed by atoms with van der Waals surface area (Å²) in [7, 11) is -3.08. The topological polar surface area (TPSA) is 37.4 Å². The van der Waals surface area contributed by atoms with Crippen LogP contribution in [0.2, 0.25) is 0 Å². The Hall–Kier alpha value is -0.0900. The Morgan fingerprint density at radius 2 is 1.50 bits per heavy atom. The van der Waals surface area contributed by atoms with Crippen LogP contribution in [-0.2, 0) is 10.0 Å². The van der Waals surface area contributed by atoms with E-state index in [4.69, 9.17) is 0 Å². The first-order valence-corrected chi connectivity index (χ1v) is 9.48. The molecule has 0 N–H and O–H groups in total. The van der Waals surface area contributed by atoms with Crippen LogP contribution < -0.4 is 0 Å². The molecule has 0 aromatic heterocycles. The highest BCUT2D eigenvalue weighted by Gasteiger charge is 2.43. The molecule has 0 aliphatic carbocycles. The fourth-order valence-electron chi connectivity index (χ4n) is 3.46. The van der Waals surface area contributed by atoms with Gasteiger partial charge in [-0.3, -0.25) is 0 Å². The van der Waals surface area contributed by atoms with Gasteiger partial charge >= 0.3 is 0 Å². The molecular weight excluding hydrogens is 270 g/mol. The number of nitrogens with zero attached hydrogens (tertiary/aromatic N) is 1. The third-order valence-corrected chi connectivity index (χ3v) is 6.53. The quantitative estimate of drug-likeness (QED) is 0.779. The van der Waals surface area contributed by atoms with E-state index < -0.39 is 10.0 Å². The Labute approximate surface area is 126 Å². The minimum atomic E-state index is -3.08. The molecule has 0 aromatic rings. The Morgan fingerprint density at radius 1 is 1.00 bits per heavy atom. The Bertz CT molecular complexity index is 415. The Morgan fingerprint density at radius 3 is 1.90 bits per heavy atom. The lowest BCUT2D eigenvalue weighted by Gasteiger charge is -2.43. The lowest BCUT2D eigenvalue weighted by atomic mass is 9.63. The van der Waals surface area contributed by atoms with Gasteiger partial charge in [0.25, 0.3) is 0 Å². The van der Waals surface area contributed by atoms with Gasteiger partial charge in [0, 0.05) is 13.1 Å². The average molecular weight is 304 g/mol. The minimum absolute atomic E-state index is 0.129. The molecule has 4 heteroatoms. The lowest BCUT2D eigenvalue weighted by Crippen LogP contribution is -2.42. The Balaban J connectivity index is 3.19. The lowest BCUT2D eigenvalue weighted by molar-refractivity contribution is 0.0594. The second-order valence-corrected chi connectivity index (χ2v) is 10.5. The van der Waals surface area contributed by atoms with E-state index in [0.29, 0.717) is 30.7 Å². The molecule has 1 rings (SSSR count). The molecule has 3 nitrogen and oxygen atoms in total. The van der Waals surface area contributed by atoms with Crippen molar-refractivity contribution in [1.29, 1.82) is 0 Å². The summed E-state index contributed by atoms with van der Waals surface area (Å²) < 4.78 is 26.7. The largest absolute Gasteiger partial charge is 0.214 e. The third-order valence-electron chi connectivity index (χ3n) is 4.66. The maximum atomic E-state index is 12.5. The van der Waals surface area contributed by atoms with Gasteiger partial charge < -0.3 is 0 Å². The van der Waals surface area contributed by atoms with Crippen molar-refractivity contribution >= 4 is 10.0 Å². The average Bonchev–Trinajstić information content (AvgIpc) is 2.35. The van der Waals surface area contributed by atoms with Gasteiger partial charge in [0.1, 0.15) is 0 Å². The molecule has 1 saturated heterocycles. The highest BCUT2D eigenvalue weighted by molar-refractivity contribution is 7.89. The van der Waals surface area contributed by atoms with Gasteiger partial charge in [-0.2, -0.15) is 0 Å². The molecule has 2 atom stereocenters. The molecular formula is C16H33NO2S. The third kappa shape index (κ3) is 4.20. The first-order chi connectivity index (χ1) is 8.89. The van der Waals surface area contributed by atoms with Crippen molar-refractivity contribution in [3.8, 4) is 0 Å². The van der Waals surface area contributed by atoms with Crippen LogP contribution in [0.15, 0.2) is 0 Å². The van der Waals surface area contributed by atoms with E-state index in [1.165, 1.54) is 0 Å². The molecule has 0 aromatic carbocycles. The molecule has 0 radical (unpaired) electrons. The van der Waals surface area contributed by atoms with E-state index in [2.05, 4.69) is 41.5 Å². The fraction of sp³-hybridized carbons (Fsp3) is 1.00. The van der Waals surface area contributed by atoms with Gasteiger partial charge in [0.05, 0.1) is 5.75 Å². The van der Waals surface area contributed by atoms with E-state index in [-0.39, 0.29) is 10.8 Å². The molecule has 0 saturated carbocycles. The molecule has 2 unspecified atom stereocenters. The zero-order valence-corrected chi connectivity index (χ0v) is 15.2. The molecule has 1 aliphatic rings. The summed E-state index contributed by atoms with van der Waals surface area (Å²) in [6, 6.07) is 0. The summed E-state index contributed by atoms with van der Waals surface area (Å²) in [5.41, 5.74) is 0.277. The molecule has 1 heterocycles. The van der Waals surface area contributed by atoms with Crippen molar-refractivity contribution < 1.29 is 8.42 Å². The summed E-state index contributed by atoms with van der Waals surface area (Å²) in [6.07, 6.45) is 1.67. The fourth-order valence-corrected chi connectivity index (χ4v) is 5.12. The van der Waals surface area contributed by atoms with Crippen LogP contribution >= 0.6 is 0 Å². The first kappa shape index (κ1) is 18.0. The van der Waals surface area contributed by atoms with Crippen molar-refractivity contribution in [2.45, 2.75) is 61.3 Å². The van der Waals surface area contributed by atoms with Gasteiger partial charge in [-0.1, -0.05) is 48.5 Å². The molecule has 120 valence electrons. The summed E-state index contributed by atoms with van der Waals surface area (Å²) in [5, 5.41) is 0. The second kappa shape index (κ2) is 5.96. The summed E-state index contributed by atoms with van der Waals surface area (Å²) in [5.74, 6) is 1.16. The van der Waals surface area contributed by atoms with Crippen molar-refractivity contribution in [3.05, 3.63) is 0 Å². The molecule has 0 bridgehead atoms. The van der Waals surface area contributed by atoms with Gasteiger partial charge in [0.15, 0.2) is 0 Å². The van der Waals surface area contributed by atoms with E-state index in [0.717, 1.165) is 12.8 Å². The maximum Gasteiger partial charge on any atom is 0.214 e. The highest BCUT2D eigenvalue weighted by atomic mass is 32.2. The zero-order valence-electron chi connectivity index (χ0n) is 14.4. The second-order valence-electron chi connectivity index (χ2n) is 8.41. The van der Waals surface area contributed by atoms with Crippen molar-refractivity contribution in [3.63, 3.8) is 0 Å². The molecule has 1 aliphatic heterocycles. The maximum absolute atomic E-state index is 12.5. The van der Waals surface area contributed by atoms with Gasteiger partial charge in [0.2, 0.25) is 10.0 Å². The molecule has 0 amide bonds. The number of hydrogen-bond acceptors (Lipinski definition) is 2. The monoisotopic (exact) mass is 303 g/mol. The SMILES string of the molecule is CCCN1CC(C(C)(C)C)C(C(C)(C)C)CCS1(=O)=O. The predicted molar refractivity (Wildman–Crippen MR) is 86.2 cm³/mol. The van der Waals surface area contributed by atoms with E-state index in [9.17, 15) is 8.42 Å². The summed E-state index contributed by atoms with van der Waals surface area (Å²) >= 11 is 0. The van der Waals surface area contributed by atoms with Crippen LogP contribution in [0.3, 0.4) is 0 Å². The van der Waals surface area contributed by atoms with Gasteiger partial charge in [-0.25, -0.2) is 12.7 Å². The normalized spacial score (nSPS) is 29.1. The van der Waals surface area contributed by atoms with Crippen molar-refractivity contribution in [2.75, 3.05) is 18.8 Å². The zero-order chi connectivity index (χ0) is 15.8.